The molecule has 5 nitrogen and oxygen atoms in total. The molecule has 3 rings (SSSR count). The van der Waals surface area contributed by atoms with Gasteiger partial charge in [-0.2, -0.15) is 0 Å². The van der Waals surface area contributed by atoms with Crippen LogP contribution >= 0.6 is 0 Å². The fourth-order valence-electron chi connectivity index (χ4n) is 2.67. The van der Waals surface area contributed by atoms with Crippen molar-refractivity contribution in [1.82, 2.24) is 4.90 Å². The molecule has 2 unspecified atom stereocenters. The lowest BCUT2D eigenvalue weighted by atomic mass is 10.2. The van der Waals surface area contributed by atoms with Gasteiger partial charge in [0.1, 0.15) is 0 Å². The van der Waals surface area contributed by atoms with Crippen LogP contribution < -0.4 is 5.32 Å². The summed E-state index contributed by atoms with van der Waals surface area (Å²) in [5.74, 6) is 0.399. The third-order valence-electron chi connectivity index (χ3n) is 3.93. The van der Waals surface area contributed by atoms with Gasteiger partial charge in [0.25, 0.3) is 0 Å². The first kappa shape index (κ1) is 16.7. The van der Waals surface area contributed by atoms with Crippen molar-refractivity contribution in [2.45, 2.75) is 23.2 Å². The largest absolute Gasteiger partial charge is 0.391 e. The van der Waals surface area contributed by atoms with E-state index in [1.54, 1.807) is 11.0 Å². The van der Waals surface area contributed by atoms with Crippen LogP contribution in [0.2, 0.25) is 0 Å². The molecule has 2 aromatic rings. The summed E-state index contributed by atoms with van der Waals surface area (Å²) in [5.41, 5.74) is 1.57. The lowest BCUT2D eigenvalue weighted by Crippen LogP contribution is -2.33. The second-order valence-corrected chi connectivity index (χ2v) is 7.27. The number of hydrogen-bond donors (Lipinski definition) is 2. The maximum absolute atomic E-state index is 12.4. The van der Waals surface area contributed by atoms with E-state index in [-0.39, 0.29) is 6.03 Å². The van der Waals surface area contributed by atoms with Crippen molar-refractivity contribution in [3.8, 4) is 0 Å². The third-order valence-corrected chi connectivity index (χ3v) is 5.33. The number of nitrogens with zero attached hydrogens (tertiary/aromatic N) is 1. The number of nitrogens with one attached hydrogen (secondary N) is 1. The van der Waals surface area contributed by atoms with Crippen molar-refractivity contribution in [3.05, 3.63) is 60.2 Å². The third kappa shape index (κ3) is 4.21. The molecule has 0 aliphatic carbocycles. The molecule has 6 heteroatoms. The Labute approximate surface area is 143 Å². The van der Waals surface area contributed by atoms with Crippen molar-refractivity contribution in [1.29, 1.82) is 0 Å². The summed E-state index contributed by atoms with van der Waals surface area (Å²) in [6, 6.07) is 16.5. The number of anilines is 1. The molecule has 1 heterocycles. The monoisotopic (exact) mass is 344 g/mol. The molecule has 2 aromatic carbocycles. The van der Waals surface area contributed by atoms with Gasteiger partial charge in [0.05, 0.1) is 22.7 Å². The van der Waals surface area contributed by atoms with Crippen LogP contribution in [-0.2, 0) is 16.6 Å². The Bertz CT molecular complexity index is 736. The highest BCUT2D eigenvalue weighted by Gasteiger charge is 2.24. The van der Waals surface area contributed by atoms with E-state index in [1.807, 2.05) is 48.5 Å². The van der Waals surface area contributed by atoms with Gasteiger partial charge < -0.3 is 15.3 Å². The standard InChI is InChI=1S/C18H20N2O3S/c21-16-9-10-20(12-16)18(22)19-15-6-4-5-14(11-15)13-24(23)17-7-2-1-3-8-17/h1-8,11,16,21H,9-10,12-13H2,(H,19,22). The first-order valence-corrected chi connectivity index (χ1v) is 9.20. The highest BCUT2D eigenvalue weighted by molar-refractivity contribution is 7.84. The van der Waals surface area contributed by atoms with Gasteiger partial charge in [0, 0.05) is 23.7 Å². The van der Waals surface area contributed by atoms with Gasteiger partial charge in [-0.1, -0.05) is 30.3 Å². The van der Waals surface area contributed by atoms with Crippen molar-refractivity contribution < 1.29 is 14.1 Å². The average molecular weight is 344 g/mol. The number of aliphatic hydroxyl groups excluding tert-OH is 1. The lowest BCUT2D eigenvalue weighted by molar-refractivity contribution is 0.176. The first-order chi connectivity index (χ1) is 11.6. The van der Waals surface area contributed by atoms with Gasteiger partial charge in [0.2, 0.25) is 0 Å². The van der Waals surface area contributed by atoms with E-state index < -0.39 is 16.9 Å². The molecule has 0 saturated carbocycles. The van der Waals surface area contributed by atoms with E-state index in [9.17, 15) is 14.1 Å². The number of carbonyl (C=O) groups excluding carboxylic acids is 1. The Balaban J connectivity index is 1.64. The first-order valence-electron chi connectivity index (χ1n) is 7.88. The van der Waals surface area contributed by atoms with Crippen LogP contribution in [0.5, 0.6) is 0 Å². The molecule has 0 bridgehead atoms. The summed E-state index contributed by atoms with van der Waals surface area (Å²) >= 11 is 0. The van der Waals surface area contributed by atoms with Gasteiger partial charge in [-0.3, -0.25) is 4.21 Å². The molecule has 0 aromatic heterocycles. The minimum Gasteiger partial charge on any atom is -0.391 e. The second kappa shape index (κ2) is 7.59. The lowest BCUT2D eigenvalue weighted by Gasteiger charge is -2.16. The molecular weight excluding hydrogens is 324 g/mol. The van der Waals surface area contributed by atoms with E-state index >= 15 is 0 Å². The normalized spacial score (nSPS) is 18.4. The predicted octanol–water partition coefficient (Wildman–Crippen LogP) is 2.59. The molecule has 1 fully saturated rings. The van der Waals surface area contributed by atoms with Crippen molar-refractivity contribution in [3.63, 3.8) is 0 Å². The van der Waals surface area contributed by atoms with E-state index in [0.29, 0.717) is 31.0 Å². The van der Waals surface area contributed by atoms with E-state index in [4.69, 9.17) is 0 Å². The predicted molar refractivity (Wildman–Crippen MR) is 94.2 cm³/mol. The summed E-state index contributed by atoms with van der Waals surface area (Å²) in [5, 5.41) is 12.3. The highest BCUT2D eigenvalue weighted by Crippen LogP contribution is 2.17. The van der Waals surface area contributed by atoms with Crippen LogP contribution in [0, 0.1) is 0 Å². The average Bonchev–Trinajstić information content (AvgIpc) is 3.02. The maximum atomic E-state index is 12.4. The fraction of sp³-hybridized carbons (Fsp3) is 0.278. The molecule has 126 valence electrons. The Hall–Kier alpha value is -2.18. The van der Waals surface area contributed by atoms with Gasteiger partial charge in [0.15, 0.2) is 0 Å². The van der Waals surface area contributed by atoms with Crippen LogP contribution in [-0.4, -0.2) is 39.4 Å². The number of likely N-dealkylation sites (tertiary alicyclic amines) is 1. The van der Waals surface area contributed by atoms with Crippen LogP contribution in [0.1, 0.15) is 12.0 Å². The molecule has 1 aliphatic rings. The Morgan fingerprint density at radius 2 is 2.00 bits per heavy atom. The van der Waals surface area contributed by atoms with Crippen LogP contribution in [0.3, 0.4) is 0 Å². The molecule has 2 atom stereocenters. The summed E-state index contributed by atoms with van der Waals surface area (Å²) in [4.78, 5) is 14.5. The number of carbonyl (C=O) groups is 1. The number of benzene rings is 2. The molecular formula is C18H20N2O3S. The zero-order valence-corrected chi connectivity index (χ0v) is 14.0. The summed E-state index contributed by atoms with van der Waals surface area (Å²) < 4.78 is 12.4. The van der Waals surface area contributed by atoms with Crippen LogP contribution in [0.4, 0.5) is 10.5 Å². The molecule has 2 amide bonds. The Kier molecular flexibility index (Phi) is 5.27. The number of aliphatic hydroxyl groups is 1. The number of rotatable bonds is 4. The highest BCUT2D eigenvalue weighted by atomic mass is 32.2. The smallest absolute Gasteiger partial charge is 0.321 e. The quantitative estimate of drug-likeness (QED) is 0.896. The van der Waals surface area contributed by atoms with Gasteiger partial charge in [-0.15, -0.1) is 0 Å². The van der Waals surface area contributed by atoms with Crippen LogP contribution in [0.25, 0.3) is 0 Å². The SMILES string of the molecule is O=C(Nc1cccc(CS(=O)c2ccccc2)c1)N1CCC(O)C1. The second-order valence-electron chi connectivity index (χ2n) is 5.82. The van der Waals surface area contributed by atoms with Crippen molar-refractivity contribution in [2.75, 3.05) is 18.4 Å². The Morgan fingerprint density at radius 1 is 1.21 bits per heavy atom. The summed E-state index contributed by atoms with van der Waals surface area (Å²) in [7, 11) is -1.12. The summed E-state index contributed by atoms with van der Waals surface area (Å²) in [6.07, 6.45) is 0.180. The molecule has 2 N–H and O–H groups in total. The zero-order chi connectivity index (χ0) is 16.9. The van der Waals surface area contributed by atoms with Crippen molar-refractivity contribution in [2.24, 2.45) is 0 Å². The molecule has 0 radical (unpaired) electrons. The van der Waals surface area contributed by atoms with E-state index in [1.165, 1.54) is 0 Å². The number of urea groups is 1. The van der Waals surface area contributed by atoms with Gasteiger partial charge >= 0.3 is 6.03 Å². The molecule has 1 saturated heterocycles. The minimum absolute atomic E-state index is 0.215. The fourth-order valence-corrected chi connectivity index (χ4v) is 3.78. The van der Waals surface area contributed by atoms with Crippen LogP contribution in [0.15, 0.2) is 59.5 Å². The zero-order valence-electron chi connectivity index (χ0n) is 13.2. The summed E-state index contributed by atoms with van der Waals surface area (Å²) in [6.45, 7) is 0.925. The number of β-amino-alcohol motifs (C(OH)–C–C–N with tert-alkyl or cyclic N) is 1. The van der Waals surface area contributed by atoms with E-state index in [0.717, 1.165) is 10.5 Å². The van der Waals surface area contributed by atoms with E-state index in [2.05, 4.69) is 5.32 Å². The van der Waals surface area contributed by atoms with Crippen molar-refractivity contribution >= 4 is 22.5 Å². The molecule has 24 heavy (non-hydrogen) atoms. The maximum Gasteiger partial charge on any atom is 0.321 e. The van der Waals surface area contributed by atoms with Gasteiger partial charge in [-0.05, 0) is 36.2 Å². The minimum atomic E-state index is -1.12. The molecule has 1 aliphatic heterocycles. The number of hydrogen-bond acceptors (Lipinski definition) is 3. The Morgan fingerprint density at radius 3 is 2.71 bits per heavy atom. The number of amides is 2. The topological polar surface area (TPSA) is 69.6 Å². The molecule has 0 spiro atoms. The van der Waals surface area contributed by atoms with Gasteiger partial charge in [-0.25, -0.2) is 4.79 Å².